The predicted molar refractivity (Wildman–Crippen MR) is 114 cm³/mol. The highest BCUT2D eigenvalue weighted by Gasteiger charge is 2.64. The number of phenolic OH excluding ortho intramolecular Hbond substituents is 1. The number of aromatic hydroxyl groups is 1. The Kier molecular flexibility index (Phi) is 4.03. The molecular weight excluding hydrogens is 418 g/mol. The number of amides is 1. The van der Waals surface area contributed by atoms with Crippen LogP contribution >= 0.6 is 0 Å². The largest absolute Gasteiger partial charge is 0.508 e. The first-order chi connectivity index (χ1) is 16.1. The molecule has 0 heterocycles. The molecule has 0 bridgehead atoms. The third kappa shape index (κ3) is 2.63. The van der Waals surface area contributed by atoms with Crippen molar-refractivity contribution >= 4 is 28.9 Å². The van der Waals surface area contributed by atoms with Gasteiger partial charge in [-0.05, 0) is 50.6 Å². The Morgan fingerprint density at radius 1 is 1.28 bits per heavy atom. The highest BCUT2D eigenvalue weighted by molar-refractivity contribution is 6.24. The molecule has 0 aliphatic heterocycles. The normalized spacial score (nSPS) is 31.4. The molecule has 1 amide bonds. The van der Waals surface area contributed by atoms with Crippen molar-refractivity contribution in [2.24, 2.45) is 17.6 Å². The van der Waals surface area contributed by atoms with Gasteiger partial charge in [0.2, 0.25) is 5.78 Å². The third-order valence-corrected chi connectivity index (χ3v) is 6.74. The molecule has 7 N–H and O–H groups in total. The number of nitrogens with zero attached hydrogens (tertiary/aromatic N) is 1. The van der Waals surface area contributed by atoms with Gasteiger partial charge in [-0.1, -0.05) is 0 Å². The number of phenols is 1. The van der Waals surface area contributed by atoms with E-state index in [0.29, 0.717) is 0 Å². The maximum absolute atomic E-state index is 13.7. The van der Waals surface area contributed by atoms with Crippen molar-refractivity contribution in [1.29, 1.82) is 0 Å². The second kappa shape index (κ2) is 7.07. The summed E-state index contributed by atoms with van der Waals surface area (Å²) in [5, 5.41) is 46.2. The summed E-state index contributed by atoms with van der Waals surface area (Å²) in [4.78, 5) is 40.1. The van der Waals surface area contributed by atoms with E-state index in [9.17, 15) is 34.8 Å². The summed E-state index contributed by atoms with van der Waals surface area (Å²) in [5.74, 6) is -7.59. The number of rotatable bonds is 3. The van der Waals surface area contributed by atoms with Crippen LogP contribution in [0.3, 0.4) is 0 Å². The molecule has 32 heavy (non-hydrogen) atoms. The third-order valence-electron chi connectivity index (χ3n) is 6.74. The van der Waals surface area contributed by atoms with Crippen molar-refractivity contribution < 1.29 is 38.9 Å². The number of primary amides is 1. The zero-order chi connectivity index (χ0) is 26.2. The second-order valence-electron chi connectivity index (χ2n) is 8.57. The van der Waals surface area contributed by atoms with Gasteiger partial charge in [0, 0.05) is 28.3 Å². The fourth-order valence-corrected chi connectivity index (χ4v) is 5.36. The van der Waals surface area contributed by atoms with Crippen LogP contribution in [0.25, 0.3) is 5.76 Å². The van der Waals surface area contributed by atoms with Crippen LogP contribution in [0, 0.1) is 11.8 Å². The van der Waals surface area contributed by atoms with E-state index in [0.717, 1.165) is 6.07 Å². The molecule has 0 spiro atoms. The topological polar surface area (TPSA) is 173 Å². The zero-order valence-corrected chi connectivity index (χ0v) is 17.3. The molecule has 1 fully saturated rings. The van der Waals surface area contributed by atoms with Crippen LogP contribution in [0.4, 0.5) is 5.69 Å². The van der Waals surface area contributed by atoms with Crippen molar-refractivity contribution in [3.8, 4) is 5.75 Å². The van der Waals surface area contributed by atoms with Crippen LogP contribution in [0.2, 0.25) is 0 Å². The molecule has 0 radical (unpaired) electrons. The smallest absolute Gasteiger partial charge is 0.255 e. The molecule has 3 aliphatic rings. The Hall–Kier alpha value is -3.37. The standard InChI is InChI=1S/C22H25N3O7/c1-24-11-4-5-12(26)14-9(11)6-8-7-10-16(25(2)3)18(28)15(21(23)31)20(30)22(10,32)19(29)13(8)17(14)27/h4-5,8,10,16,24,26-27,30,32H,6-7H2,1-3H3,(H2,23,31)/t8-,10-,16-,22-/m1/s1/i1D3. The van der Waals surface area contributed by atoms with Gasteiger partial charge in [-0.3, -0.25) is 19.3 Å². The van der Waals surface area contributed by atoms with Crippen molar-refractivity contribution in [3.05, 3.63) is 40.2 Å². The number of nitrogens with one attached hydrogen (secondary N) is 1. The summed E-state index contributed by atoms with van der Waals surface area (Å²) >= 11 is 0. The lowest BCUT2D eigenvalue weighted by atomic mass is 9.57. The minimum absolute atomic E-state index is 0.0125. The Bertz CT molecular complexity index is 1240. The summed E-state index contributed by atoms with van der Waals surface area (Å²) in [5.41, 5.74) is 1.52. The molecule has 0 saturated heterocycles. The molecule has 3 aliphatic carbocycles. The highest BCUT2D eigenvalue weighted by Crippen LogP contribution is 2.53. The summed E-state index contributed by atoms with van der Waals surface area (Å²) in [6.07, 6.45) is -0.101. The quantitative estimate of drug-likeness (QED) is 0.276. The van der Waals surface area contributed by atoms with E-state index < -0.39 is 70.8 Å². The molecule has 1 aromatic carbocycles. The summed E-state index contributed by atoms with van der Waals surface area (Å²) in [7, 11) is 3.01. The molecule has 4 rings (SSSR count). The Labute approximate surface area is 187 Å². The maximum Gasteiger partial charge on any atom is 0.255 e. The number of ketones is 2. The van der Waals surface area contributed by atoms with Gasteiger partial charge in [-0.25, -0.2) is 0 Å². The average Bonchev–Trinajstić information content (AvgIpc) is 2.71. The van der Waals surface area contributed by atoms with Gasteiger partial charge in [-0.2, -0.15) is 0 Å². The minimum Gasteiger partial charge on any atom is -0.508 e. The molecule has 170 valence electrons. The number of likely N-dealkylation sites (N-methyl/N-ethyl adjacent to an activating group) is 1. The van der Waals surface area contributed by atoms with E-state index in [4.69, 9.17) is 9.85 Å². The Morgan fingerprint density at radius 3 is 2.56 bits per heavy atom. The van der Waals surface area contributed by atoms with Crippen LogP contribution in [-0.2, 0) is 20.8 Å². The number of hydrogen-bond acceptors (Lipinski definition) is 9. The number of anilines is 1. The van der Waals surface area contributed by atoms with Gasteiger partial charge in [0.25, 0.3) is 5.91 Å². The SMILES string of the molecule is [2H]C([2H])([2H])Nc1ccc(O)c2c1C[C@@H]1C[C@@H]3[C@@H](N(C)C)C(=O)C(C(N)=O)=C(O)[C@]3(O)C(=O)C1=C2O. The molecule has 4 atom stereocenters. The number of Topliss-reactive ketones (excluding diaryl/α,β-unsaturated/α-hetero) is 2. The summed E-state index contributed by atoms with van der Waals surface area (Å²) in [6, 6.07) is 1.29. The van der Waals surface area contributed by atoms with Gasteiger partial charge < -0.3 is 31.5 Å². The lowest BCUT2D eigenvalue weighted by molar-refractivity contribution is -0.153. The number of hydrogen-bond donors (Lipinski definition) is 6. The molecule has 1 aromatic rings. The van der Waals surface area contributed by atoms with Gasteiger partial charge in [0.15, 0.2) is 11.4 Å². The minimum atomic E-state index is -2.73. The van der Waals surface area contributed by atoms with Crippen LogP contribution in [0.1, 0.15) is 21.7 Å². The molecule has 1 saturated carbocycles. The number of fused-ring (bicyclic) bond motifs is 3. The maximum atomic E-state index is 13.7. The number of aliphatic hydroxyl groups excluding tert-OH is 2. The average molecular weight is 446 g/mol. The van der Waals surface area contributed by atoms with Crippen molar-refractivity contribution in [2.75, 3.05) is 26.4 Å². The second-order valence-corrected chi connectivity index (χ2v) is 8.57. The number of aliphatic hydroxyl groups is 3. The van der Waals surface area contributed by atoms with Crippen molar-refractivity contribution in [3.63, 3.8) is 0 Å². The molecular formula is C22H25N3O7. The fourth-order valence-electron chi connectivity index (χ4n) is 5.36. The van der Waals surface area contributed by atoms with E-state index in [1.165, 1.54) is 25.1 Å². The molecule has 10 nitrogen and oxygen atoms in total. The van der Waals surface area contributed by atoms with Gasteiger partial charge >= 0.3 is 0 Å². The molecule has 0 unspecified atom stereocenters. The van der Waals surface area contributed by atoms with E-state index in [1.807, 2.05) is 0 Å². The number of nitrogens with two attached hydrogens (primary N) is 1. The Morgan fingerprint density at radius 2 is 1.97 bits per heavy atom. The van der Waals surface area contributed by atoms with Crippen molar-refractivity contribution in [2.45, 2.75) is 24.5 Å². The zero-order valence-electron chi connectivity index (χ0n) is 20.3. The number of carbonyl (C=O) groups is 3. The monoisotopic (exact) mass is 446 g/mol. The van der Waals surface area contributed by atoms with Crippen LogP contribution in [0.15, 0.2) is 29.0 Å². The molecule has 0 aromatic heterocycles. The first-order valence-electron chi connectivity index (χ1n) is 11.4. The predicted octanol–water partition coefficient (Wildman–Crippen LogP) is 0.00570. The van der Waals surface area contributed by atoms with Gasteiger partial charge in [-0.15, -0.1) is 0 Å². The lowest BCUT2D eigenvalue weighted by Gasteiger charge is -2.50. The number of benzene rings is 1. The van der Waals surface area contributed by atoms with E-state index in [2.05, 4.69) is 5.32 Å². The van der Waals surface area contributed by atoms with Crippen LogP contribution < -0.4 is 11.1 Å². The number of carbonyl (C=O) groups excluding carboxylic acids is 3. The van der Waals surface area contributed by atoms with Crippen molar-refractivity contribution in [1.82, 2.24) is 4.90 Å². The lowest BCUT2D eigenvalue weighted by Crippen LogP contribution is -2.65. The first kappa shape index (κ1) is 18.2. The fraction of sp³-hybridized carbons (Fsp3) is 0.409. The van der Waals surface area contributed by atoms with Gasteiger partial charge in [0.1, 0.15) is 22.8 Å². The summed E-state index contributed by atoms with van der Waals surface area (Å²) in [6.45, 7) is -2.58. The van der Waals surface area contributed by atoms with Gasteiger partial charge in [0.05, 0.1) is 11.6 Å². The summed E-state index contributed by atoms with van der Waals surface area (Å²) < 4.78 is 22.5. The highest BCUT2D eigenvalue weighted by atomic mass is 16.3. The first-order valence-corrected chi connectivity index (χ1v) is 9.89. The van der Waals surface area contributed by atoms with E-state index in [-0.39, 0.29) is 35.2 Å². The van der Waals surface area contributed by atoms with E-state index >= 15 is 0 Å². The van der Waals surface area contributed by atoms with E-state index in [1.54, 1.807) is 0 Å². The van der Waals surface area contributed by atoms with Crippen LogP contribution in [-0.4, -0.2) is 75.5 Å². The Balaban J connectivity index is 1.96. The van der Waals surface area contributed by atoms with Crippen LogP contribution in [0.5, 0.6) is 5.75 Å². The molecule has 10 heteroatoms.